The quantitative estimate of drug-likeness (QED) is 0.686. The Balaban J connectivity index is 2.72. The molecule has 1 heterocycles. The summed E-state index contributed by atoms with van der Waals surface area (Å²) in [6.45, 7) is 3.87. The minimum Gasteiger partial charge on any atom is -0.326 e. The molecule has 13 heavy (non-hydrogen) atoms. The maximum atomic E-state index is 12.4. The first-order valence-corrected chi connectivity index (χ1v) is 4.40. The third-order valence-corrected chi connectivity index (χ3v) is 2.41. The highest BCUT2D eigenvalue weighted by atomic mass is 19.4. The maximum absolute atomic E-state index is 12.4. The van der Waals surface area contributed by atoms with Crippen LogP contribution in [-0.4, -0.2) is 35.7 Å². The van der Waals surface area contributed by atoms with Crippen molar-refractivity contribution in [3.05, 3.63) is 0 Å². The first kappa shape index (κ1) is 10.8. The lowest BCUT2D eigenvalue weighted by Gasteiger charge is -2.29. The summed E-state index contributed by atoms with van der Waals surface area (Å²) in [6.07, 6.45) is -4.11. The smallest absolute Gasteiger partial charge is 0.326 e. The van der Waals surface area contributed by atoms with Crippen molar-refractivity contribution in [1.29, 1.82) is 0 Å². The molecule has 1 aliphatic heterocycles. The standard InChI is InChI=1S/C8H15F3N2/c1-5(2)13-4-6(12)3-7(13)8(9,10)11/h5-7H,3-4,12H2,1-2H3. The number of halogens is 3. The van der Waals surface area contributed by atoms with Crippen LogP contribution in [0.5, 0.6) is 0 Å². The van der Waals surface area contributed by atoms with Gasteiger partial charge in [-0.1, -0.05) is 0 Å². The number of likely N-dealkylation sites (tertiary alicyclic amines) is 1. The van der Waals surface area contributed by atoms with Crippen molar-refractivity contribution < 1.29 is 13.2 Å². The highest BCUT2D eigenvalue weighted by Crippen LogP contribution is 2.33. The minimum absolute atomic E-state index is 0.0294. The fourth-order valence-corrected chi connectivity index (χ4v) is 1.79. The molecule has 2 atom stereocenters. The maximum Gasteiger partial charge on any atom is 0.404 e. The van der Waals surface area contributed by atoms with Gasteiger partial charge in [-0.25, -0.2) is 0 Å². The molecule has 0 spiro atoms. The number of nitrogens with zero attached hydrogens (tertiary/aromatic N) is 1. The van der Waals surface area contributed by atoms with Crippen LogP contribution in [0.15, 0.2) is 0 Å². The van der Waals surface area contributed by atoms with Crippen molar-refractivity contribution in [2.75, 3.05) is 6.54 Å². The molecule has 0 aliphatic carbocycles. The average molecular weight is 196 g/mol. The molecule has 1 rings (SSSR count). The van der Waals surface area contributed by atoms with E-state index in [-0.39, 0.29) is 18.5 Å². The predicted molar refractivity (Wildman–Crippen MR) is 44.3 cm³/mol. The topological polar surface area (TPSA) is 29.3 Å². The van der Waals surface area contributed by atoms with E-state index >= 15 is 0 Å². The Morgan fingerprint density at radius 1 is 1.38 bits per heavy atom. The summed E-state index contributed by atoms with van der Waals surface area (Å²) in [5.74, 6) is 0. The van der Waals surface area contributed by atoms with Gasteiger partial charge in [0.25, 0.3) is 0 Å². The third kappa shape index (κ3) is 2.34. The second kappa shape index (κ2) is 3.46. The zero-order valence-electron chi connectivity index (χ0n) is 7.80. The van der Waals surface area contributed by atoms with Gasteiger partial charge in [0.1, 0.15) is 6.04 Å². The second-order valence-corrected chi connectivity index (χ2v) is 3.84. The van der Waals surface area contributed by atoms with Gasteiger partial charge < -0.3 is 5.73 Å². The van der Waals surface area contributed by atoms with E-state index in [1.54, 1.807) is 13.8 Å². The summed E-state index contributed by atoms with van der Waals surface area (Å²) in [6, 6.07) is -1.78. The molecule has 0 radical (unpaired) electrons. The van der Waals surface area contributed by atoms with E-state index in [0.29, 0.717) is 6.54 Å². The Bertz CT molecular complexity index is 179. The van der Waals surface area contributed by atoms with Gasteiger partial charge in [0, 0.05) is 18.6 Å². The highest BCUT2D eigenvalue weighted by molar-refractivity contribution is 4.93. The number of rotatable bonds is 1. The number of hydrogen-bond donors (Lipinski definition) is 1. The van der Waals surface area contributed by atoms with Crippen molar-refractivity contribution in [2.45, 2.75) is 44.6 Å². The zero-order valence-corrected chi connectivity index (χ0v) is 7.80. The molecule has 2 unspecified atom stereocenters. The van der Waals surface area contributed by atoms with E-state index < -0.39 is 12.2 Å². The molecule has 78 valence electrons. The van der Waals surface area contributed by atoms with Gasteiger partial charge in [0.2, 0.25) is 0 Å². The van der Waals surface area contributed by atoms with Crippen LogP contribution in [0, 0.1) is 0 Å². The second-order valence-electron chi connectivity index (χ2n) is 3.84. The van der Waals surface area contributed by atoms with Crippen molar-refractivity contribution >= 4 is 0 Å². The van der Waals surface area contributed by atoms with Gasteiger partial charge in [-0.3, -0.25) is 4.90 Å². The van der Waals surface area contributed by atoms with Crippen molar-refractivity contribution in [3.63, 3.8) is 0 Å². The van der Waals surface area contributed by atoms with E-state index in [2.05, 4.69) is 0 Å². The summed E-state index contributed by atoms with van der Waals surface area (Å²) < 4.78 is 37.3. The number of hydrogen-bond acceptors (Lipinski definition) is 2. The number of alkyl halides is 3. The van der Waals surface area contributed by atoms with Crippen LogP contribution < -0.4 is 5.73 Å². The van der Waals surface area contributed by atoms with Crippen LogP contribution >= 0.6 is 0 Å². The van der Waals surface area contributed by atoms with Crippen LogP contribution in [0.1, 0.15) is 20.3 Å². The Hall–Kier alpha value is -0.290. The van der Waals surface area contributed by atoms with E-state index in [9.17, 15) is 13.2 Å². The summed E-state index contributed by atoms with van der Waals surface area (Å²) in [5, 5.41) is 0. The Morgan fingerprint density at radius 2 is 1.92 bits per heavy atom. The van der Waals surface area contributed by atoms with Crippen LogP contribution in [0.2, 0.25) is 0 Å². The molecule has 0 amide bonds. The molecule has 5 heteroatoms. The van der Waals surface area contributed by atoms with Gasteiger partial charge >= 0.3 is 6.18 Å². The van der Waals surface area contributed by atoms with Gasteiger partial charge in [0.15, 0.2) is 0 Å². The lowest BCUT2D eigenvalue weighted by Crippen LogP contribution is -2.44. The zero-order chi connectivity index (χ0) is 10.2. The minimum atomic E-state index is -4.14. The molecule has 0 aromatic rings. The monoisotopic (exact) mass is 196 g/mol. The van der Waals surface area contributed by atoms with Gasteiger partial charge in [-0.05, 0) is 20.3 Å². The van der Waals surface area contributed by atoms with Gasteiger partial charge in [0.05, 0.1) is 0 Å². The highest BCUT2D eigenvalue weighted by Gasteiger charge is 2.48. The molecule has 2 N–H and O–H groups in total. The first-order valence-electron chi connectivity index (χ1n) is 4.40. The lowest BCUT2D eigenvalue weighted by molar-refractivity contribution is -0.179. The SMILES string of the molecule is CC(C)N1CC(N)CC1C(F)(F)F. The van der Waals surface area contributed by atoms with Crippen LogP contribution in [0.3, 0.4) is 0 Å². The van der Waals surface area contributed by atoms with Crippen molar-refractivity contribution in [2.24, 2.45) is 5.73 Å². The number of nitrogens with two attached hydrogens (primary N) is 1. The first-order chi connectivity index (χ1) is 5.82. The molecule has 1 aliphatic rings. The summed E-state index contributed by atoms with van der Waals surface area (Å²) >= 11 is 0. The fraction of sp³-hybridized carbons (Fsp3) is 1.00. The molecule has 0 saturated carbocycles. The van der Waals surface area contributed by atoms with Crippen LogP contribution in [0.4, 0.5) is 13.2 Å². The largest absolute Gasteiger partial charge is 0.404 e. The molecule has 0 aromatic heterocycles. The lowest BCUT2D eigenvalue weighted by atomic mass is 10.1. The Morgan fingerprint density at radius 3 is 2.23 bits per heavy atom. The molecule has 2 nitrogen and oxygen atoms in total. The van der Waals surface area contributed by atoms with E-state index in [0.717, 1.165) is 0 Å². The molecule has 0 bridgehead atoms. The van der Waals surface area contributed by atoms with E-state index in [1.165, 1.54) is 4.90 Å². The van der Waals surface area contributed by atoms with E-state index in [1.807, 2.05) is 0 Å². The predicted octanol–water partition coefficient (Wildman–Crippen LogP) is 1.36. The summed E-state index contributed by atoms with van der Waals surface area (Å²) in [4.78, 5) is 1.42. The summed E-state index contributed by atoms with van der Waals surface area (Å²) in [7, 11) is 0. The van der Waals surface area contributed by atoms with Crippen molar-refractivity contribution in [3.8, 4) is 0 Å². The fourth-order valence-electron chi connectivity index (χ4n) is 1.79. The summed E-state index contributed by atoms with van der Waals surface area (Å²) in [5.41, 5.74) is 5.51. The Kier molecular flexibility index (Phi) is 2.87. The third-order valence-electron chi connectivity index (χ3n) is 2.41. The molecular formula is C8H15F3N2. The average Bonchev–Trinajstić information content (AvgIpc) is 2.29. The van der Waals surface area contributed by atoms with Crippen LogP contribution in [0.25, 0.3) is 0 Å². The molecule has 1 saturated heterocycles. The van der Waals surface area contributed by atoms with Crippen LogP contribution in [-0.2, 0) is 0 Å². The van der Waals surface area contributed by atoms with Crippen molar-refractivity contribution in [1.82, 2.24) is 4.90 Å². The van der Waals surface area contributed by atoms with Gasteiger partial charge in [-0.15, -0.1) is 0 Å². The normalized spacial score (nSPS) is 31.6. The molecule has 0 aromatic carbocycles. The van der Waals surface area contributed by atoms with Gasteiger partial charge in [-0.2, -0.15) is 13.2 Å². The molecule has 1 fully saturated rings. The Labute approximate surface area is 75.9 Å². The molecular weight excluding hydrogens is 181 g/mol. The van der Waals surface area contributed by atoms with E-state index in [4.69, 9.17) is 5.73 Å².